The van der Waals surface area contributed by atoms with Crippen molar-refractivity contribution in [3.63, 3.8) is 0 Å². The van der Waals surface area contributed by atoms with E-state index in [-0.39, 0.29) is 65.4 Å². The molecule has 0 aliphatic carbocycles. The number of nitrogens with zero attached hydrogens (tertiary/aromatic N) is 6. The monoisotopic (exact) mass is 864 g/mol. The Morgan fingerprint density at radius 3 is 0.750 bits per heavy atom. The summed E-state index contributed by atoms with van der Waals surface area (Å²) in [4.78, 5) is 83.6. The van der Waals surface area contributed by atoms with Crippen molar-refractivity contribution in [3.05, 3.63) is 21.3 Å². The van der Waals surface area contributed by atoms with Crippen LogP contribution in [0, 0.1) is 22.7 Å². The molecule has 2 radical (unpaired) electrons. The molecule has 0 N–H and O–H groups in total. The summed E-state index contributed by atoms with van der Waals surface area (Å²) in [5, 5.41) is 27.9. The smallest absolute Gasteiger partial charge is 0.603 e. The first-order valence-electron chi connectivity index (χ1n) is 12.2. The largest absolute Gasteiger partial charge is 2.00 e. The van der Waals surface area contributed by atoms with Crippen LogP contribution < -0.4 is 0 Å². The Bertz CT molecular complexity index is 998. The first-order valence-corrected chi connectivity index (χ1v) is 12.2. The number of ether oxygens (including phenoxy) is 8. The molecule has 4 saturated heterocycles. The molecule has 0 aromatic rings. The molecule has 4 heterocycles. The first kappa shape index (κ1) is 50.1. The summed E-state index contributed by atoms with van der Waals surface area (Å²) in [5.41, 5.74) is 0. The predicted octanol–water partition coefficient (Wildman–Crippen LogP) is 1.26. The van der Waals surface area contributed by atoms with E-state index in [1.807, 2.05) is 0 Å². The van der Waals surface area contributed by atoms with Gasteiger partial charge in [0.2, 0.25) is 24.4 Å². The number of hydrogen-bond acceptors (Lipinski definition) is 18. The molecule has 4 amide bonds. The number of cyclic esters (lactones) is 4. The molecule has 48 heavy (non-hydrogen) atoms. The maximum absolute atomic E-state index is 10.6. The average molecular weight is 864 g/mol. The molecule has 0 aromatic carbocycles. The standard InChI is InChI=1S/4C5H7NO4.2C2H3N.2Rh/c4*1-9-4(7)3-2-10-5(8)6-3;2*1-2-3;;/h4*3H,2H2,1H3,(H,6,8);2*1H3;;/q;;;;;;2*+2/p-4. The summed E-state index contributed by atoms with van der Waals surface area (Å²) in [6.07, 6.45) is -2.79. The fourth-order valence-corrected chi connectivity index (χ4v) is 2.44. The van der Waals surface area contributed by atoms with Gasteiger partial charge in [0.1, 0.15) is 0 Å². The van der Waals surface area contributed by atoms with Crippen LogP contribution in [-0.4, -0.2) is 127 Å². The van der Waals surface area contributed by atoms with Crippen molar-refractivity contribution >= 4 is 48.3 Å². The Balaban J connectivity index is -0.000000251. The maximum atomic E-state index is 10.6. The van der Waals surface area contributed by atoms with Crippen molar-refractivity contribution in [2.24, 2.45) is 0 Å². The molecule has 4 rings (SSSR count). The second-order valence-corrected chi connectivity index (χ2v) is 7.43. The number of esters is 4. The molecule has 24 heteroatoms. The van der Waals surface area contributed by atoms with E-state index in [9.17, 15) is 38.4 Å². The van der Waals surface area contributed by atoms with Gasteiger partial charge in [-0.05, 0) is 0 Å². The van der Waals surface area contributed by atoms with Gasteiger partial charge in [0.05, 0.1) is 67.0 Å². The molecular formula is C24H30N6O16Rh2. The molecule has 0 spiro atoms. The van der Waals surface area contributed by atoms with E-state index in [2.05, 4.69) is 59.2 Å². The quantitative estimate of drug-likeness (QED) is 0.218. The van der Waals surface area contributed by atoms with Crippen LogP contribution in [-0.2, 0) is 96.0 Å². The number of carbonyl (C=O) groups is 8. The van der Waals surface area contributed by atoms with Gasteiger partial charge in [-0.1, -0.05) is 0 Å². The summed E-state index contributed by atoms with van der Waals surface area (Å²) in [6, 6.07) is 0.491. The number of methoxy groups -OCH3 is 4. The third-order valence-corrected chi connectivity index (χ3v) is 4.40. The fraction of sp³-hybridized carbons (Fsp3) is 0.583. The second-order valence-electron chi connectivity index (χ2n) is 7.43. The molecule has 0 aromatic heterocycles. The third-order valence-electron chi connectivity index (χ3n) is 4.40. The van der Waals surface area contributed by atoms with Gasteiger partial charge in [0.15, 0.2) is 0 Å². The van der Waals surface area contributed by atoms with Gasteiger partial charge in [-0.3, -0.25) is 38.4 Å². The van der Waals surface area contributed by atoms with Gasteiger partial charge >= 0.3 is 39.0 Å². The summed E-state index contributed by atoms with van der Waals surface area (Å²) < 4.78 is 34.8. The SMILES string of the molecule is CC#N.CC#N.COC(=O)C1COC(=O)[N-]1.COC(=O)C1COC(=O)[N-]1.COC(=O)C1COC(=O)[N-]1.COC(=O)C1COC(=O)[N-]1.[Rh+2].[Rh+2]. The normalized spacial score (nSPS) is 19.8. The zero-order valence-corrected chi connectivity index (χ0v) is 29.3. The molecule has 270 valence electrons. The number of hydrogen-bond donors (Lipinski definition) is 0. The van der Waals surface area contributed by atoms with Crippen LogP contribution in [0.1, 0.15) is 13.8 Å². The third kappa shape index (κ3) is 21.8. The molecule has 4 atom stereocenters. The van der Waals surface area contributed by atoms with E-state index in [0.29, 0.717) is 0 Å². The van der Waals surface area contributed by atoms with E-state index in [4.69, 9.17) is 10.5 Å². The van der Waals surface area contributed by atoms with Crippen LogP contribution in [0.2, 0.25) is 0 Å². The van der Waals surface area contributed by atoms with Gasteiger partial charge in [0, 0.05) is 38.0 Å². The van der Waals surface area contributed by atoms with E-state index in [1.54, 1.807) is 12.1 Å². The van der Waals surface area contributed by atoms with Gasteiger partial charge in [-0.15, -0.1) is 0 Å². The number of carbonyl (C=O) groups excluding carboxylic acids is 8. The van der Waals surface area contributed by atoms with Crippen molar-refractivity contribution in [1.29, 1.82) is 10.5 Å². The van der Waals surface area contributed by atoms with Crippen LogP contribution in [0.4, 0.5) is 19.2 Å². The van der Waals surface area contributed by atoms with Crippen LogP contribution >= 0.6 is 0 Å². The van der Waals surface area contributed by atoms with Crippen molar-refractivity contribution in [2.45, 2.75) is 38.0 Å². The summed E-state index contributed by atoms with van der Waals surface area (Å²) >= 11 is 0. The van der Waals surface area contributed by atoms with Gasteiger partial charge in [-0.2, -0.15) is 10.5 Å². The zero-order valence-electron chi connectivity index (χ0n) is 26.0. The molecule has 4 aliphatic heterocycles. The fourth-order valence-electron chi connectivity index (χ4n) is 2.44. The molecule has 0 bridgehead atoms. The second kappa shape index (κ2) is 29.6. The Hall–Kier alpha value is -4.81. The summed E-state index contributed by atoms with van der Waals surface area (Å²) in [5.74, 6) is -2.14. The Morgan fingerprint density at radius 2 is 0.667 bits per heavy atom. The Morgan fingerprint density at radius 1 is 0.521 bits per heavy atom. The molecule has 4 unspecified atom stereocenters. The number of rotatable bonds is 4. The topological polar surface area (TPSA) is 314 Å². The van der Waals surface area contributed by atoms with E-state index in [0.717, 1.165) is 0 Å². The molecule has 4 aliphatic rings. The van der Waals surface area contributed by atoms with Crippen LogP contribution in [0.25, 0.3) is 21.3 Å². The number of nitriles is 2. The maximum Gasteiger partial charge on any atom is 2.00 e. The van der Waals surface area contributed by atoms with Crippen molar-refractivity contribution < 1.29 is 115 Å². The van der Waals surface area contributed by atoms with Crippen LogP contribution in [0.15, 0.2) is 0 Å². The zero-order chi connectivity index (χ0) is 35.7. The van der Waals surface area contributed by atoms with Crippen molar-refractivity contribution in [2.75, 3.05) is 54.9 Å². The minimum Gasteiger partial charge on any atom is -0.603 e. The van der Waals surface area contributed by atoms with Crippen LogP contribution in [0.3, 0.4) is 0 Å². The Kier molecular flexibility index (Phi) is 30.8. The predicted molar refractivity (Wildman–Crippen MR) is 145 cm³/mol. The minimum absolute atomic E-state index is 0. The molecule has 0 saturated carbocycles. The molecular weight excluding hydrogens is 834 g/mol. The molecule has 22 nitrogen and oxygen atoms in total. The van der Waals surface area contributed by atoms with Gasteiger partial charge in [-0.25, -0.2) is 0 Å². The van der Waals surface area contributed by atoms with Crippen molar-refractivity contribution in [3.8, 4) is 12.1 Å². The number of amides is 4. The minimum atomic E-state index is -0.752. The first-order chi connectivity index (χ1) is 21.8. The van der Waals surface area contributed by atoms with Gasteiger partial charge in [0.25, 0.3) is 23.9 Å². The molecule has 4 fully saturated rings. The van der Waals surface area contributed by atoms with Crippen molar-refractivity contribution in [1.82, 2.24) is 0 Å². The van der Waals surface area contributed by atoms with E-state index < -0.39 is 72.4 Å². The Labute approximate surface area is 299 Å². The van der Waals surface area contributed by atoms with E-state index in [1.165, 1.54) is 42.3 Å². The summed E-state index contributed by atoms with van der Waals surface area (Å²) in [6.45, 7) is 2.88. The van der Waals surface area contributed by atoms with E-state index >= 15 is 0 Å². The van der Waals surface area contributed by atoms with Crippen LogP contribution in [0.5, 0.6) is 0 Å². The average Bonchev–Trinajstić information content (AvgIpc) is 3.86. The van der Waals surface area contributed by atoms with Gasteiger partial charge < -0.3 is 59.2 Å². The summed E-state index contributed by atoms with van der Waals surface area (Å²) in [7, 11) is 4.95.